The van der Waals surface area contributed by atoms with E-state index in [4.69, 9.17) is 16.3 Å². The molecule has 4 N–H and O–H groups in total. The van der Waals surface area contributed by atoms with Gasteiger partial charge in [-0.25, -0.2) is 10.1 Å². The average Bonchev–Trinajstić information content (AvgIpc) is 3.23. The molecule has 1 fully saturated rings. The minimum atomic E-state index is -3.73. The second kappa shape index (κ2) is 10.3. The molecule has 2 aliphatic rings. The van der Waals surface area contributed by atoms with Gasteiger partial charge >= 0.3 is 10.2 Å². The fraction of sp³-hybridized carbons (Fsp3) is 0.435. The summed E-state index contributed by atoms with van der Waals surface area (Å²) in [6.07, 6.45) is 5.71. The van der Waals surface area contributed by atoms with Crippen molar-refractivity contribution in [1.29, 1.82) is 0 Å². The van der Waals surface area contributed by atoms with Crippen molar-refractivity contribution in [3.05, 3.63) is 41.7 Å². The number of hydrogen-bond donors (Lipinski definition) is 2. The normalized spacial score (nSPS) is 16.7. The van der Waals surface area contributed by atoms with E-state index in [1.54, 1.807) is 12.1 Å². The standard InChI is InChI=1S/C23H31N7O4S/c1-3-7-29(34-4-2)23(31)19-8-18-6-5-17(9-21(18)27-22(25)10-19)20-12-26-30(15-20)35(32,33)28-13-16(11-24)14-28/h5-6,8-9,12,15-16H,3-4,7,10-11,13-14,24H2,1-2H3,(H2,25,27). The molecular weight excluding hydrogens is 470 g/mol. The molecule has 0 radical (unpaired) electrons. The van der Waals surface area contributed by atoms with Crippen molar-refractivity contribution < 1.29 is 18.0 Å². The molecule has 0 bridgehead atoms. The Labute approximate surface area is 205 Å². The van der Waals surface area contributed by atoms with Gasteiger partial charge in [0.2, 0.25) is 0 Å². The summed E-state index contributed by atoms with van der Waals surface area (Å²) in [6.45, 7) is 5.92. The molecule has 0 aliphatic carbocycles. The van der Waals surface area contributed by atoms with Gasteiger partial charge in [-0.05, 0) is 43.5 Å². The Balaban J connectivity index is 1.60. The highest BCUT2D eigenvalue weighted by Crippen LogP contribution is 2.32. The minimum absolute atomic E-state index is 0.181. The Bertz CT molecular complexity index is 1260. The molecule has 0 unspecified atom stereocenters. The summed E-state index contributed by atoms with van der Waals surface area (Å²) in [7, 11) is -3.73. The Morgan fingerprint density at radius 3 is 2.71 bits per heavy atom. The monoisotopic (exact) mass is 501 g/mol. The number of fused-ring (bicyclic) bond motifs is 1. The molecule has 12 heteroatoms. The lowest BCUT2D eigenvalue weighted by atomic mass is 10.0. The van der Waals surface area contributed by atoms with Crippen molar-refractivity contribution in [2.24, 2.45) is 22.4 Å². The van der Waals surface area contributed by atoms with E-state index >= 15 is 0 Å². The molecule has 1 aromatic heterocycles. The summed E-state index contributed by atoms with van der Waals surface area (Å²) < 4.78 is 27.9. The predicted octanol–water partition coefficient (Wildman–Crippen LogP) is 1.50. The van der Waals surface area contributed by atoms with Crippen LogP contribution in [0.2, 0.25) is 0 Å². The van der Waals surface area contributed by atoms with Gasteiger partial charge in [-0.3, -0.25) is 9.63 Å². The van der Waals surface area contributed by atoms with Crippen molar-refractivity contribution in [3.63, 3.8) is 0 Å². The zero-order chi connectivity index (χ0) is 25.2. The van der Waals surface area contributed by atoms with Gasteiger partial charge in [-0.15, -0.1) is 0 Å². The van der Waals surface area contributed by atoms with Crippen molar-refractivity contribution in [1.82, 2.24) is 18.6 Å². The molecule has 2 aliphatic heterocycles. The van der Waals surface area contributed by atoms with E-state index < -0.39 is 10.2 Å². The van der Waals surface area contributed by atoms with Gasteiger partial charge in [0, 0.05) is 42.8 Å². The number of hydroxylamine groups is 2. The van der Waals surface area contributed by atoms with E-state index in [0.29, 0.717) is 55.4 Å². The number of hydrogen-bond acceptors (Lipinski definition) is 8. The number of benzene rings is 1. The first-order chi connectivity index (χ1) is 16.8. The van der Waals surface area contributed by atoms with Gasteiger partial charge in [0.05, 0.1) is 24.7 Å². The molecule has 0 saturated carbocycles. The summed E-state index contributed by atoms with van der Waals surface area (Å²) in [5.41, 5.74) is 14.9. The van der Waals surface area contributed by atoms with Crippen molar-refractivity contribution in [2.75, 3.05) is 32.8 Å². The largest absolute Gasteiger partial charge is 0.387 e. The zero-order valence-corrected chi connectivity index (χ0v) is 20.7. The maximum atomic E-state index is 13.0. The Morgan fingerprint density at radius 2 is 2.03 bits per heavy atom. The van der Waals surface area contributed by atoms with E-state index in [1.165, 1.54) is 21.8 Å². The number of amidine groups is 1. The second-order valence-corrected chi connectivity index (χ2v) is 10.4. The summed E-state index contributed by atoms with van der Waals surface area (Å²) >= 11 is 0. The van der Waals surface area contributed by atoms with Crippen LogP contribution >= 0.6 is 0 Å². The summed E-state index contributed by atoms with van der Waals surface area (Å²) in [5.74, 6) is 0.247. The quantitative estimate of drug-likeness (QED) is 0.495. The zero-order valence-electron chi connectivity index (χ0n) is 19.9. The van der Waals surface area contributed by atoms with Crippen molar-refractivity contribution >= 4 is 33.7 Å². The third-order valence-electron chi connectivity index (χ3n) is 5.92. The first-order valence-electron chi connectivity index (χ1n) is 11.6. The molecule has 0 spiro atoms. The number of aliphatic imine (C=N–C) groups is 1. The molecule has 11 nitrogen and oxygen atoms in total. The van der Waals surface area contributed by atoms with Gasteiger partial charge < -0.3 is 11.5 Å². The van der Waals surface area contributed by atoms with Gasteiger partial charge in [0.25, 0.3) is 5.91 Å². The molecule has 35 heavy (non-hydrogen) atoms. The molecule has 1 amide bonds. The van der Waals surface area contributed by atoms with Crippen LogP contribution in [-0.2, 0) is 19.8 Å². The van der Waals surface area contributed by atoms with Gasteiger partial charge in [0.15, 0.2) is 0 Å². The highest BCUT2D eigenvalue weighted by molar-refractivity contribution is 7.87. The minimum Gasteiger partial charge on any atom is -0.387 e. The second-order valence-electron chi connectivity index (χ2n) is 8.58. The van der Waals surface area contributed by atoms with Crippen LogP contribution in [0, 0.1) is 5.92 Å². The number of carbonyl (C=O) groups excluding carboxylic acids is 1. The summed E-state index contributed by atoms with van der Waals surface area (Å²) in [5, 5.41) is 5.43. The van der Waals surface area contributed by atoms with E-state index in [1.807, 2.05) is 26.0 Å². The van der Waals surface area contributed by atoms with Crippen LogP contribution in [0.25, 0.3) is 17.2 Å². The maximum Gasteiger partial charge on any atom is 0.322 e. The molecule has 4 rings (SSSR count). The first-order valence-corrected chi connectivity index (χ1v) is 13.0. The SMILES string of the molecule is CCCN(OCC)C(=O)C1=Cc2ccc(-c3cnn(S(=O)(=O)N4CC(CN)C4)c3)cc2N=C(N)C1. The van der Waals surface area contributed by atoms with E-state index in [0.717, 1.165) is 21.6 Å². The maximum absolute atomic E-state index is 13.0. The van der Waals surface area contributed by atoms with Gasteiger partial charge in [-0.1, -0.05) is 19.1 Å². The topological polar surface area (TPSA) is 149 Å². The van der Waals surface area contributed by atoms with Crippen molar-refractivity contribution in [3.8, 4) is 11.1 Å². The Kier molecular flexibility index (Phi) is 7.36. The fourth-order valence-electron chi connectivity index (χ4n) is 4.01. The van der Waals surface area contributed by atoms with Crippen LogP contribution in [-0.4, -0.2) is 71.5 Å². The lowest BCUT2D eigenvalue weighted by Crippen LogP contribution is -2.54. The van der Waals surface area contributed by atoms with Gasteiger partial charge in [-0.2, -0.15) is 21.9 Å². The fourth-order valence-corrected chi connectivity index (χ4v) is 5.46. The molecule has 1 saturated heterocycles. The molecule has 1 aromatic carbocycles. The molecule has 2 aromatic rings. The van der Waals surface area contributed by atoms with Crippen LogP contribution in [0.4, 0.5) is 5.69 Å². The predicted molar refractivity (Wildman–Crippen MR) is 134 cm³/mol. The summed E-state index contributed by atoms with van der Waals surface area (Å²) in [6, 6.07) is 5.47. The number of nitrogens with two attached hydrogens (primary N) is 2. The lowest BCUT2D eigenvalue weighted by Gasteiger charge is -2.36. The number of aromatic nitrogens is 2. The number of nitrogens with zero attached hydrogens (tertiary/aromatic N) is 5. The Hall–Kier alpha value is -3.06. The molecule has 3 heterocycles. The van der Waals surface area contributed by atoms with Crippen LogP contribution in [0.3, 0.4) is 0 Å². The third kappa shape index (κ3) is 5.15. The van der Waals surface area contributed by atoms with Gasteiger partial charge in [0.1, 0.15) is 5.84 Å². The number of amides is 1. The van der Waals surface area contributed by atoms with Crippen molar-refractivity contribution in [2.45, 2.75) is 26.7 Å². The van der Waals surface area contributed by atoms with Crippen LogP contribution in [0.1, 0.15) is 32.3 Å². The lowest BCUT2D eigenvalue weighted by molar-refractivity contribution is -0.180. The molecule has 188 valence electrons. The number of carbonyl (C=O) groups is 1. The molecular formula is C23H31N7O4S. The van der Waals surface area contributed by atoms with Crippen LogP contribution in [0.15, 0.2) is 41.2 Å². The summed E-state index contributed by atoms with van der Waals surface area (Å²) in [4.78, 5) is 23.0. The molecule has 0 atom stereocenters. The average molecular weight is 502 g/mol. The third-order valence-corrected chi connectivity index (χ3v) is 7.54. The Morgan fingerprint density at radius 1 is 1.26 bits per heavy atom. The highest BCUT2D eigenvalue weighted by atomic mass is 32.2. The van der Waals surface area contributed by atoms with Crippen LogP contribution < -0.4 is 11.5 Å². The highest BCUT2D eigenvalue weighted by Gasteiger charge is 2.36. The first kappa shape index (κ1) is 25.0. The smallest absolute Gasteiger partial charge is 0.322 e. The van der Waals surface area contributed by atoms with E-state index in [-0.39, 0.29) is 18.2 Å². The van der Waals surface area contributed by atoms with Crippen LogP contribution in [0.5, 0.6) is 0 Å². The van der Waals surface area contributed by atoms with E-state index in [9.17, 15) is 13.2 Å². The number of rotatable bonds is 9. The van der Waals surface area contributed by atoms with E-state index in [2.05, 4.69) is 10.1 Å².